The number of hydrogen-bond donors (Lipinski definition) is 0. The molecular weight excluding hydrogens is 288 g/mol. The maximum absolute atomic E-state index is 2.71. The third-order valence-electron chi connectivity index (χ3n) is 9.18. The third-order valence-corrected chi connectivity index (χ3v) is 9.18. The molecule has 0 aromatic heterocycles. The topological polar surface area (TPSA) is 0 Å². The van der Waals surface area contributed by atoms with Gasteiger partial charge in [0, 0.05) is 0 Å². The van der Waals surface area contributed by atoms with Crippen molar-refractivity contribution in [2.24, 2.45) is 34.5 Å². The van der Waals surface area contributed by atoms with Crippen LogP contribution in [0.25, 0.3) is 0 Å². The molecule has 2 aliphatic rings. The van der Waals surface area contributed by atoms with Crippen LogP contribution >= 0.6 is 0 Å². The Kier molecular flexibility index (Phi) is 7.27. The Hall–Kier alpha value is 0. The van der Waals surface area contributed by atoms with Gasteiger partial charge in [0.05, 0.1) is 0 Å². The molecule has 2 aliphatic carbocycles. The van der Waals surface area contributed by atoms with Crippen molar-refractivity contribution >= 4 is 0 Å². The minimum Gasteiger partial charge on any atom is -0.0622 e. The first-order valence-electron chi connectivity index (χ1n) is 11.3. The zero-order valence-electron chi connectivity index (χ0n) is 17.8. The van der Waals surface area contributed by atoms with Crippen LogP contribution in [-0.4, -0.2) is 0 Å². The molecule has 2 saturated carbocycles. The summed E-state index contributed by atoms with van der Waals surface area (Å²) in [5.74, 6) is 3.48. The lowest BCUT2D eigenvalue weighted by atomic mass is 9.49. The van der Waals surface area contributed by atoms with Gasteiger partial charge in [-0.05, 0) is 47.3 Å². The summed E-state index contributed by atoms with van der Waals surface area (Å²) in [6, 6.07) is 0. The smallest absolute Gasteiger partial charge is 0.0216 e. The molecule has 0 saturated heterocycles. The Labute approximate surface area is 153 Å². The third kappa shape index (κ3) is 4.04. The monoisotopic (exact) mass is 334 g/mol. The summed E-state index contributed by atoms with van der Waals surface area (Å²) in [4.78, 5) is 0. The first-order chi connectivity index (χ1) is 11.3. The van der Waals surface area contributed by atoms with Gasteiger partial charge in [0.2, 0.25) is 0 Å². The van der Waals surface area contributed by atoms with Crippen molar-refractivity contribution in [3.05, 3.63) is 0 Å². The van der Waals surface area contributed by atoms with Gasteiger partial charge in [-0.3, -0.25) is 0 Å². The Bertz CT molecular complexity index is 340. The largest absolute Gasteiger partial charge is 0.0622 e. The SMILES string of the molecule is CC1CCC(C)C(C)C(C)(C2(C)CCCCCCCCCC2)C1C. The first kappa shape index (κ1) is 20.3. The van der Waals surface area contributed by atoms with Gasteiger partial charge in [0.15, 0.2) is 0 Å². The minimum atomic E-state index is 0.496. The summed E-state index contributed by atoms with van der Waals surface area (Å²) >= 11 is 0. The molecule has 0 aromatic rings. The summed E-state index contributed by atoms with van der Waals surface area (Å²) in [7, 11) is 0. The lowest BCUT2D eigenvalue weighted by Gasteiger charge is -2.56. The van der Waals surface area contributed by atoms with Crippen molar-refractivity contribution in [3.8, 4) is 0 Å². The van der Waals surface area contributed by atoms with Gasteiger partial charge in [0.25, 0.3) is 0 Å². The molecule has 0 N–H and O–H groups in total. The van der Waals surface area contributed by atoms with E-state index in [0.29, 0.717) is 10.8 Å². The molecule has 2 rings (SSSR count). The van der Waals surface area contributed by atoms with Gasteiger partial charge in [-0.2, -0.15) is 0 Å². The maximum atomic E-state index is 2.71. The average molecular weight is 335 g/mol. The molecule has 0 radical (unpaired) electrons. The van der Waals surface area contributed by atoms with Gasteiger partial charge in [-0.25, -0.2) is 0 Å². The van der Waals surface area contributed by atoms with Crippen LogP contribution in [0.1, 0.15) is 119 Å². The predicted molar refractivity (Wildman–Crippen MR) is 108 cm³/mol. The normalized spacial score (nSPS) is 42.8. The van der Waals surface area contributed by atoms with E-state index in [4.69, 9.17) is 0 Å². The minimum absolute atomic E-state index is 0.496. The average Bonchev–Trinajstić information content (AvgIpc) is 2.68. The zero-order valence-corrected chi connectivity index (χ0v) is 17.8. The molecule has 2 fully saturated rings. The van der Waals surface area contributed by atoms with Crippen molar-refractivity contribution in [3.63, 3.8) is 0 Å². The molecule has 0 amide bonds. The fourth-order valence-electron chi connectivity index (χ4n) is 6.48. The van der Waals surface area contributed by atoms with Crippen LogP contribution in [0.15, 0.2) is 0 Å². The van der Waals surface area contributed by atoms with E-state index in [0.717, 1.165) is 23.7 Å². The van der Waals surface area contributed by atoms with Crippen LogP contribution < -0.4 is 0 Å². The highest BCUT2D eigenvalue weighted by atomic mass is 14.6. The summed E-state index contributed by atoms with van der Waals surface area (Å²) in [6.45, 7) is 15.7. The van der Waals surface area contributed by atoms with E-state index in [2.05, 4.69) is 41.5 Å². The van der Waals surface area contributed by atoms with Gasteiger partial charge >= 0.3 is 0 Å². The molecule has 24 heavy (non-hydrogen) atoms. The van der Waals surface area contributed by atoms with Gasteiger partial charge in [0.1, 0.15) is 0 Å². The second-order valence-electron chi connectivity index (χ2n) is 10.3. The van der Waals surface area contributed by atoms with Crippen molar-refractivity contribution in [2.45, 2.75) is 119 Å². The number of hydrogen-bond acceptors (Lipinski definition) is 0. The molecule has 0 aromatic carbocycles. The first-order valence-corrected chi connectivity index (χ1v) is 11.3. The second-order valence-corrected chi connectivity index (χ2v) is 10.3. The Balaban J connectivity index is 2.31. The molecule has 0 heteroatoms. The zero-order chi connectivity index (χ0) is 17.8. The fraction of sp³-hybridized carbons (Fsp3) is 1.00. The summed E-state index contributed by atoms with van der Waals surface area (Å²) < 4.78 is 0. The summed E-state index contributed by atoms with van der Waals surface area (Å²) in [5.41, 5.74) is 1.03. The number of rotatable bonds is 1. The Morgan fingerprint density at radius 1 is 0.542 bits per heavy atom. The van der Waals surface area contributed by atoms with E-state index in [9.17, 15) is 0 Å². The maximum Gasteiger partial charge on any atom is -0.0216 e. The standard InChI is InChI=1S/C24H46/c1-19-15-16-20(2)22(4)24(6,21(19)3)23(5)17-13-11-9-7-8-10-12-14-18-23/h19-22H,7-18H2,1-6H3. The highest BCUT2D eigenvalue weighted by molar-refractivity contribution is 5.02. The molecule has 0 bridgehead atoms. The van der Waals surface area contributed by atoms with Gasteiger partial charge in [-0.1, -0.05) is 106 Å². The molecule has 4 unspecified atom stereocenters. The van der Waals surface area contributed by atoms with Crippen LogP contribution in [0.5, 0.6) is 0 Å². The van der Waals surface area contributed by atoms with Crippen molar-refractivity contribution in [1.29, 1.82) is 0 Å². The van der Waals surface area contributed by atoms with Crippen molar-refractivity contribution in [1.82, 2.24) is 0 Å². The van der Waals surface area contributed by atoms with Crippen LogP contribution in [0.3, 0.4) is 0 Å². The summed E-state index contributed by atoms with van der Waals surface area (Å²) in [6.07, 6.45) is 17.6. The molecular formula is C24H46. The molecule has 4 atom stereocenters. The van der Waals surface area contributed by atoms with Gasteiger partial charge in [-0.15, -0.1) is 0 Å². The van der Waals surface area contributed by atoms with E-state index in [1.54, 1.807) is 0 Å². The second kappa shape index (κ2) is 8.59. The molecule has 0 aliphatic heterocycles. The fourth-order valence-corrected chi connectivity index (χ4v) is 6.48. The van der Waals surface area contributed by atoms with Gasteiger partial charge < -0.3 is 0 Å². The van der Waals surface area contributed by atoms with Crippen LogP contribution in [-0.2, 0) is 0 Å². The molecule has 0 nitrogen and oxygen atoms in total. The summed E-state index contributed by atoms with van der Waals surface area (Å²) in [5, 5.41) is 0. The Morgan fingerprint density at radius 3 is 1.25 bits per heavy atom. The van der Waals surface area contributed by atoms with Crippen LogP contribution in [0.4, 0.5) is 0 Å². The molecule has 0 spiro atoms. The molecule has 142 valence electrons. The van der Waals surface area contributed by atoms with E-state index >= 15 is 0 Å². The lowest BCUT2D eigenvalue weighted by molar-refractivity contribution is -0.0744. The van der Waals surface area contributed by atoms with E-state index in [1.807, 2.05) is 0 Å². The Morgan fingerprint density at radius 2 is 0.875 bits per heavy atom. The van der Waals surface area contributed by atoms with Crippen molar-refractivity contribution < 1.29 is 0 Å². The van der Waals surface area contributed by atoms with E-state index in [-0.39, 0.29) is 0 Å². The predicted octanol–water partition coefficient (Wildman–Crippen LogP) is 8.25. The lowest BCUT2D eigenvalue weighted by Crippen LogP contribution is -2.49. The van der Waals surface area contributed by atoms with E-state index < -0.39 is 0 Å². The van der Waals surface area contributed by atoms with Crippen LogP contribution in [0.2, 0.25) is 0 Å². The quantitative estimate of drug-likeness (QED) is 0.423. The highest BCUT2D eigenvalue weighted by Crippen LogP contribution is 2.61. The molecule has 0 heterocycles. The van der Waals surface area contributed by atoms with Crippen LogP contribution in [0, 0.1) is 34.5 Å². The van der Waals surface area contributed by atoms with E-state index in [1.165, 1.54) is 77.0 Å². The van der Waals surface area contributed by atoms with Crippen molar-refractivity contribution in [2.75, 3.05) is 0 Å². The highest BCUT2D eigenvalue weighted by Gasteiger charge is 2.53.